The molecular weight excluding hydrogens is 349 g/mol. The van der Waals surface area contributed by atoms with Crippen molar-refractivity contribution in [1.82, 2.24) is 10.2 Å². The number of hydrogen-bond donors (Lipinski definition) is 1. The number of halogens is 2. The van der Waals surface area contributed by atoms with Crippen LogP contribution in [0.3, 0.4) is 0 Å². The summed E-state index contributed by atoms with van der Waals surface area (Å²) >= 11 is 3.38. The third-order valence-corrected chi connectivity index (χ3v) is 4.38. The van der Waals surface area contributed by atoms with Crippen LogP contribution >= 0.6 is 15.9 Å². The summed E-state index contributed by atoms with van der Waals surface area (Å²) in [6.45, 7) is 3.39. The molecule has 0 saturated carbocycles. The number of nitrogens with one attached hydrogen (secondary N) is 1. The molecule has 1 aliphatic heterocycles. The highest BCUT2D eigenvalue weighted by atomic mass is 79.9. The van der Waals surface area contributed by atoms with E-state index in [0.29, 0.717) is 24.4 Å². The van der Waals surface area contributed by atoms with Gasteiger partial charge in [0.05, 0.1) is 6.61 Å². The van der Waals surface area contributed by atoms with Gasteiger partial charge in [0, 0.05) is 44.2 Å². The van der Waals surface area contributed by atoms with Gasteiger partial charge in [-0.2, -0.15) is 0 Å². The zero-order valence-corrected chi connectivity index (χ0v) is 14.7. The Balaban J connectivity index is 1.83. The molecule has 0 amide bonds. The lowest BCUT2D eigenvalue weighted by Gasteiger charge is -2.21. The van der Waals surface area contributed by atoms with Gasteiger partial charge in [0.1, 0.15) is 5.82 Å². The number of methoxy groups -OCH3 is 1. The molecule has 22 heavy (non-hydrogen) atoms. The van der Waals surface area contributed by atoms with Crippen molar-refractivity contribution in [2.75, 3.05) is 40.4 Å². The van der Waals surface area contributed by atoms with Crippen molar-refractivity contribution in [3.63, 3.8) is 0 Å². The van der Waals surface area contributed by atoms with Gasteiger partial charge >= 0.3 is 0 Å². The van der Waals surface area contributed by atoms with Gasteiger partial charge in [0.25, 0.3) is 0 Å². The van der Waals surface area contributed by atoms with Gasteiger partial charge in [-0.25, -0.2) is 4.39 Å². The summed E-state index contributed by atoms with van der Waals surface area (Å²) in [6, 6.07) is 5.03. The first kappa shape index (κ1) is 17.2. The van der Waals surface area contributed by atoms with Crippen LogP contribution in [0.1, 0.15) is 12.0 Å². The molecule has 1 saturated heterocycles. The van der Waals surface area contributed by atoms with Crippen LogP contribution in [0.15, 0.2) is 27.7 Å². The Morgan fingerprint density at radius 2 is 2.36 bits per heavy atom. The molecule has 4 nitrogen and oxygen atoms in total. The molecule has 1 aliphatic rings. The normalized spacial score (nSPS) is 18.8. The van der Waals surface area contributed by atoms with E-state index in [1.54, 1.807) is 20.2 Å². The van der Waals surface area contributed by atoms with Gasteiger partial charge in [-0.15, -0.1) is 0 Å². The van der Waals surface area contributed by atoms with Gasteiger partial charge in [-0.3, -0.25) is 4.99 Å². The first-order valence-electron chi connectivity index (χ1n) is 7.52. The molecule has 0 aliphatic carbocycles. The fourth-order valence-electron chi connectivity index (χ4n) is 2.77. The number of nitrogens with zero attached hydrogens (tertiary/aromatic N) is 2. The molecule has 0 bridgehead atoms. The van der Waals surface area contributed by atoms with Crippen LogP contribution in [0.2, 0.25) is 0 Å². The molecule has 1 unspecified atom stereocenters. The molecule has 1 N–H and O–H groups in total. The molecule has 1 atom stereocenters. The van der Waals surface area contributed by atoms with Crippen LogP contribution in [0.4, 0.5) is 4.39 Å². The molecule has 122 valence electrons. The average Bonchev–Trinajstić information content (AvgIpc) is 2.96. The van der Waals surface area contributed by atoms with Crippen molar-refractivity contribution in [3.8, 4) is 0 Å². The molecule has 1 aromatic carbocycles. The standard InChI is InChI=1S/C16H23BrFN3O/c1-19-16(21-8-6-12(10-21)11-22-2)20-7-5-13-9-14(17)3-4-15(13)18/h3-4,9,12H,5-8,10-11H2,1-2H3,(H,19,20). The Bertz CT molecular complexity index is 524. The van der Waals surface area contributed by atoms with E-state index in [4.69, 9.17) is 4.74 Å². The van der Waals surface area contributed by atoms with Crippen LogP contribution in [-0.2, 0) is 11.2 Å². The van der Waals surface area contributed by atoms with Crippen LogP contribution in [0.5, 0.6) is 0 Å². The number of hydrogen-bond acceptors (Lipinski definition) is 2. The fourth-order valence-corrected chi connectivity index (χ4v) is 3.18. The molecule has 1 aromatic rings. The van der Waals surface area contributed by atoms with Crippen molar-refractivity contribution in [3.05, 3.63) is 34.1 Å². The molecule has 2 rings (SSSR count). The zero-order valence-electron chi connectivity index (χ0n) is 13.1. The first-order chi connectivity index (χ1) is 10.6. The summed E-state index contributed by atoms with van der Waals surface area (Å²) in [7, 11) is 3.52. The number of aliphatic imine (C=N–C) groups is 1. The highest BCUT2D eigenvalue weighted by molar-refractivity contribution is 9.10. The summed E-state index contributed by atoms with van der Waals surface area (Å²) in [4.78, 5) is 6.56. The fraction of sp³-hybridized carbons (Fsp3) is 0.562. The van der Waals surface area contributed by atoms with Crippen molar-refractivity contribution in [1.29, 1.82) is 0 Å². The summed E-state index contributed by atoms with van der Waals surface area (Å²) in [5, 5.41) is 3.32. The maximum Gasteiger partial charge on any atom is 0.193 e. The van der Waals surface area contributed by atoms with Crippen molar-refractivity contribution in [2.45, 2.75) is 12.8 Å². The van der Waals surface area contributed by atoms with Crippen LogP contribution in [0, 0.1) is 11.7 Å². The van der Waals surface area contributed by atoms with Gasteiger partial charge in [-0.05, 0) is 36.6 Å². The third kappa shape index (κ3) is 4.68. The molecule has 0 spiro atoms. The lowest BCUT2D eigenvalue weighted by atomic mass is 10.1. The molecular formula is C16H23BrFN3O. The van der Waals surface area contributed by atoms with Crippen molar-refractivity contribution >= 4 is 21.9 Å². The van der Waals surface area contributed by atoms with E-state index in [1.165, 1.54) is 6.07 Å². The predicted molar refractivity (Wildman–Crippen MR) is 90.7 cm³/mol. The molecule has 1 fully saturated rings. The number of benzene rings is 1. The third-order valence-electron chi connectivity index (χ3n) is 3.88. The first-order valence-corrected chi connectivity index (χ1v) is 8.31. The second-order valence-corrected chi connectivity index (χ2v) is 6.43. The second-order valence-electron chi connectivity index (χ2n) is 5.52. The largest absolute Gasteiger partial charge is 0.384 e. The average molecular weight is 372 g/mol. The Morgan fingerprint density at radius 3 is 3.09 bits per heavy atom. The smallest absolute Gasteiger partial charge is 0.193 e. The Labute approximate surface area is 139 Å². The molecule has 0 radical (unpaired) electrons. The van der Waals surface area contributed by atoms with E-state index >= 15 is 0 Å². The van der Waals surface area contributed by atoms with E-state index in [9.17, 15) is 4.39 Å². The monoisotopic (exact) mass is 371 g/mol. The maximum atomic E-state index is 13.7. The highest BCUT2D eigenvalue weighted by Gasteiger charge is 2.24. The van der Waals surface area contributed by atoms with Crippen LogP contribution in [0.25, 0.3) is 0 Å². The van der Waals surface area contributed by atoms with E-state index in [2.05, 4.69) is 31.1 Å². The van der Waals surface area contributed by atoms with Crippen LogP contribution < -0.4 is 5.32 Å². The summed E-state index contributed by atoms with van der Waals surface area (Å²) in [5.41, 5.74) is 0.705. The quantitative estimate of drug-likeness (QED) is 0.638. The lowest BCUT2D eigenvalue weighted by Crippen LogP contribution is -2.41. The van der Waals surface area contributed by atoms with Crippen LogP contribution in [-0.4, -0.2) is 51.3 Å². The van der Waals surface area contributed by atoms with Gasteiger partial charge in [0.15, 0.2) is 5.96 Å². The van der Waals surface area contributed by atoms with E-state index in [1.807, 2.05) is 6.07 Å². The number of likely N-dealkylation sites (tertiary alicyclic amines) is 1. The predicted octanol–water partition coefficient (Wildman–Crippen LogP) is 2.67. The highest BCUT2D eigenvalue weighted by Crippen LogP contribution is 2.17. The van der Waals surface area contributed by atoms with Gasteiger partial charge in [-0.1, -0.05) is 15.9 Å². The van der Waals surface area contributed by atoms with Crippen molar-refractivity contribution < 1.29 is 9.13 Å². The van der Waals surface area contributed by atoms with Gasteiger partial charge < -0.3 is 15.0 Å². The molecule has 1 heterocycles. The van der Waals surface area contributed by atoms with Gasteiger partial charge in [0.2, 0.25) is 0 Å². The molecule has 6 heteroatoms. The van der Waals surface area contributed by atoms with Crippen molar-refractivity contribution in [2.24, 2.45) is 10.9 Å². The van der Waals surface area contributed by atoms with E-state index in [-0.39, 0.29) is 5.82 Å². The molecule has 0 aromatic heterocycles. The topological polar surface area (TPSA) is 36.9 Å². The summed E-state index contributed by atoms with van der Waals surface area (Å²) in [5.74, 6) is 1.28. The minimum absolute atomic E-state index is 0.165. The summed E-state index contributed by atoms with van der Waals surface area (Å²) in [6.07, 6.45) is 1.74. The van der Waals surface area contributed by atoms with E-state index < -0.39 is 0 Å². The Hall–Kier alpha value is -1.14. The Morgan fingerprint density at radius 1 is 1.55 bits per heavy atom. The SMILES string of the molecule is CN=C(NCCc1cc(Br)ccc1F)N1CCC(COC)C1. The lowest BCUT2D eigenvalue weighted by molar-refractivity contribution is 0.157. The minimum atomic E-state index is -0.165. The van der Waals surface area contributed by atoms with E-state index in [0.717, 1.165) is 36.5 Å². The maximum absolute atomic E-state index is 13.7. The number of guanidine groups is 1. The minimum Gasteiger partial charge on any atom is -0.384 e. The Kier molecular flexibility index (Phi) is 6.64. The summed E-state index contributed by atoms with van der Waals surface area (Å²) < 4.78 is 19.8. The number of ether oxygens (including phenoxy) is 1. The number of rotatable bonds is 5. The zero-order chi connectivity index (χ0) is 15.9. The second kappa shape index (κ2) is 8.48.